The number of halogens is 1. The van der Waals surface area contributed by atoms with Crippen LogP contribution in [0.2, 0.25) is 0 Å². The van der Waals surface area contributed by atoms with E-state index in [1.165, 1.54) is 12.8 Å². The van der Waals surface area contributed by atoms with E-state index in [0.717, 1.165) is 65.0 Å². The molecule has 3 saturated heterocycles. The highest BCUT2D eigenvalue weighted by Crippen LogP contribution is 2.27. The lowest BCUT2D eigenvalue weighted by molar-refractivity contribution is -0.134. The Morgan fingerprint density at radius 3 is 2.12 bits per heavy atom. The largest absolute Gasteiger partial charge is 0.343 e. The summed E-state index contributed by atoms with van der Waals surface area (Å²) in [5, 5.41) is 3.40. The highest BCUT2D eigenvalue weighted by molar-refractivity contribution is 5.85. The molecule has 0 aromatic heterocycles. The van der Waals surface area contributed by atoms with E-state index in [0.29, 0.717) is 42.4 Å². The minimum atomic E-state index is 0. The van der Waals surface area contributed by atoms with Crippen molar-refractivity contribution in [3.8, 4) is 0 Å². The molecule has 0 saturated carbocycles. The maximum Gasteiger partial charge on any atom is 0.222 e. The molecule has 150 valence electrons. The molecule has 1 atom stereocenters. The van der Waals surface area contributed by atoms with Gasteiger partial charge in [-0.05, 0) is 69.4 Å². The Hall–Kier alpha value is -0.810. The number of likely N-dealkylation sites (tertiary alicyclic amines) is 2. The molecule has 6 heteroatoms. The first kappa shape index (κ1) is 21.5. The zero-order valence-electron chi connectivity index (χ0n) is 16.3. The molecule has 3 rings (SSSR count). The highest BCUT2D eigenvalue weighted by Gasteiger charge is 2.29. The summed E-state index contributed by atoms with van der Waals surface area (Å²) >= 11 is 0. The number of amides is 2. The number of nitrogens with zero attached hydrogens (tertiary/aromatic N) is 2. The summed E-state index contributed by atoms with van der Waals surface area (Å²) in [5.41, 5.74) is 0. The van der Waals surface area contributed by atoms with Crippen LogP contribution < -0.4 is 5.32 Å². The van der Waals surface area contributed by atoms with Gasteiger partial charge in [0.15, 0.2) is 0 Å². The van der Waals surface area contributed by atoms with Gasteiger partial charge >= 0.3 is 0 Å². The molecule has 3 aliphatic rings. The van der Waals surface area contributed by atoms with Crippen molar-refractivity contribution < 1.29 is 9.59 Å². The zero-order chi connectivity index (χ0) is 17.6. The predicted octanol–water partition coefficient (Wildman–Crippen LogP) is 2.69. The summed E-state index contributed by atoms with van der Waals surface area (Å²) in [4.78, 5) is 29.0. The molecule has 2 amide bonds. The van der Waals surface area contributed by atoms with Crippen LogP contribution in [0.3, 0.4) is 0 Å². The summed E-state index contributed by atoms with van der Waals surface area (Å²) < 4.78 is 0. The molecule has 3 fully saturated rings. The van der Waals surface area contributed by atoms with Crippen LogP contribution in [-0.4, -0.2) is 60.9 Å². The number of piperidine rings is 2. The van der Waals surface area contributed by atoms with Crippen LogP contribution in [0.5, 0.6) is 0 Å². The fourth-order valence-corrected chi connectivity index (χ4v) is 4.71. The van der Waals surface area contributed by atoms with Gasteiger partial charge in [0.1, 0.15) is 0 Å². The van der Waals surface area contributed by atoms with E-state index in [1.807, 2.05) is 4.90 Å². The summed E-state index contributed by atoms with van der Waals surface area (Å²) in [7, 11) is 0. The second kappa shape index (κ2) is 10.5. The first-order valence-corrected chi connectivity index (χ1v) is 10.4. The number of hydrogen-bond acceptors (Lipinski definition) is 3. The van der Waals surface area contributed by atoms with Gasteiger partial charge in [-0.25, -0.2) is 0 Å². The molecule has 3 aliphatic heterocycles. The molecule has 0 aliphatic carbocycles. The van der Waals surface area contributed by atoms with Gasteiger partial charge in [-0.1, -0.05) is 6.92 Å². The monoisotopic (exact) mass is 385 g/mol. The fourth-order valence-electron chi connectivity index (χ4n) is 4.71. The molecule has 0 aromatic carbocycles. The number of carbonyl (C=O) groups is 2. The molecule has 1 unspecified atom stereocenters. The number of carbonyl (C=O) groups excluding carboxylic acids is 2. The third-order valence-corrected chi connectivity index (χ3v) is 6.57. The Morgan fingerprint density at radius 1 is 0.923 bits per heavy atom. The Labute approximate surface area is 164 Å². The zero-order valence-corrected chi connectivity index (χ0v) is 17.1. The molecule has 0 bridgehead atoms. The maximum absolute atomic E-state index is 12.6. The first-order chi connectivity index (χ1) is 12.1. The van der Waals surface area contributed by atoms with Crippen LogP contribution in [0.1, 0.15) is 58.3 Å². The van der Waals surface area contributed by atoms with E-state index in [1.54, 1.807) is 0 Å². The molecule has 0 aromatic rings. The van der Waals surface area contributed by atoms with E-state index >= 15 is 0 Å². The molecular weight excluding hydrogens is 350 g/mol. The van der Waals surface area contributed by atoms with Crippen molar-refractivity contribution in [3.63, 3.8) is 0 Å². The van der Waals surface area contributed by atoms with Crippen molar-refractivity contribution in [1.82, 2.24) is 15.1 Å². The lowest BCUT2D eigenvalue weighted by atomic mass is 9.83. The van der Waals surface area contributed by atoms with Crippen molar-refractivity contribution in [1.29, 1.82) is 0 Å². The predicted molar refractivity (Wildman–Crippen MR) is 106 cm³/mol. The van der Waals surface area contributed by atoms with Crippen molar-refractivity contribution in [2.75, 3.05) is 39.3 Å². The number of nitrogens with one attached hydrogen (secondary N) is 1. The van der Waals surface area contributed by atoms with Crippen LogP contribution in [0.15, 0.2) is 0 Å². The Kier molecular flexibility index (Phi) is 8.68. The van der Waals surface area contributed by atoms with Gasteiger partial charge in [0, 0.05) is 39.0 Å². The van der Waals surface area contributed by atoms with Gasteiger partial charge in [-0.3, -0.25) is 9.59 Å². The van der Waals surface area contributed by atoms with Crippen LogP contribution in [0.4, 0.5) is 0 Å². The van der Waals surface area contributed by atoms with E-state index in [2.05, 4.69) is 17.1 Å². The Morgan fingerprint density at radius 2 is 1.50 bits per heavy atom. The second-order valence-electron chi connectivity index (χ2n) is 8.39. The number of rotatable bonds is 5. The van der Waals surface area contributed by atoms with Gasteiger partial charge in [0.2, 0.25) is 11.8 Å². The summed E-state index contributed by atoms with van der Waals surface area (Å²) in [5.74, 6) is 2.32. The lowest BCUT2D eigenvalue weighted by Crippen LogP contribution is -2.41. The molecule has 26 heavy (non-hydrogen) atoms. The van der Waals surface area contributed by atoms with Gasteiger partial charge in [-0.15, -0.1) is 12.4 Å². The van der Waals surface area contributed by atoms with E-state index in [4.69, 9.17) is 0 Å². The quantitative estimate of drug-likeness (QED) is 0.791. The number of hydrogen-bond donors (Lipinski definition) is 1. The maximum atomic E-state index is 12.6. The average molecular weight is 386 g/mol. The van der Waals surface area contributed by atoms with Crippen molar-refractivity contribution >= 4 is 24.2 Å². The Balaban J connectivity index is 0.00000243. The van der Waals surface area contributed by atoms with Gasteiger partial charge in [-0.2, -0.15) is 0 Å². The SMILES string of the molecule is CC(CC(=O)N1CCC(CC(=O)N2CCCC2)CC1)C1CCNCC1.Cl. The summed E-state index contributed by atoms with van der Waals surface area (Å²) in [6.45, 7) is 8.02. The minimum absolute atomic E-state index is 0. The second-order valence-corrected chi connectivity index (χ2v) is 8.39. The third-order valence-electron chi connectivity index (χ3n) is 6.57. The smallest absolute Gasteiger partial charge is 0.222 e. The first-order valence-electron chi connectivity index (χ1n) is 10.4. The average Bonchev–Trinajstić information content (AvgIpc) is 3.18. The van der Waals surface area contributed by atoms with Crippen LogP contribution in [0, 0.1) is 17.8 Å². The van der Waals surface area contributed by atoms with Crippen LogP contribution >= 0.6 is 12.4 Å². The molecule has 0 radical (unpaired) electrons. The van der Waals surface area contributed by atoms with Crippen LogP contribution in [0.25, 0.3) is 0 Å². The molecule has 5 nitrogen and oxygen atoms in total. The van der Waals surface area contributed by atoms with E-state index in [-0.39, 0.29) is 12.4 Å². The Bertz CT molecular complexity index is 454. The van der Waals surface area contributed by atoms with E-state index in [9.17, 15) is 9.59 Å². The minimum Gasteiger partial charge on any atom is -0.343 e. The third kappa shape index (κ3) is 5.85. The summed E-state index contributed by atoms with van der Waals surface area (Å²) in [6.07, 6.45) is 8.10. The fraction of sp³-hybridized carbons (Fsp3) is 0.900. The normalized spacial score (nSPS) is 23.6. The summed E-state index contributed by atoms with van der Waals surface area (Å²) in [6, 6.07) is 0. The molecule has 1 N–H and O–H groups in total. The van der Waals surface area contributed by atoms with Gasteiger partial charge in [0.05, 0.1) is 0 Å². The van der Waals surface area contributed by atoms with Crippen molar-refractivity contribution in [3.05, 3.63) is 0 Å². The van der Waals surface area contributed by atoms with Gasteiger partial charge < -0.3 is 15.1 Å². The lowest BCUT2D eigenvalue weighted by Gasteiger charge is -2.34. The van der Waals surface area contributed by atoms with E-state index < -0.39 is 0 Å². The molecular formula is C20H36ClN3O2. The topological polar surface area (TPSA) is 52.7 Å². The van der Waals surface area contributed by atoms with Crippen LogP contribution in [-0.2, 0) is 9.59 Å². The van der Waals surface area contributed by atoms with Crippen molar-refractivity contribution in [2.45, 2.75) is 58.3 Å². The van der Waals surface area contributed by atoms with Gasteiger partial charge in [0.25, 0.3) is 0 Å². The molecule has 3 heterocycles. The standard InChI is InChI=1S/C20H35N3O2.ClH/c1-16(18-4-8-21-9-5-18)14-19(24)23-12-6-17(7-13-23)15-20(25)22-10-2-3-11-22;/h16-18,21H,2-15H2,1H3;1H. The van der Waals surface area contributed by atoms with Crippen molar-refractivity contribution in [2.24, 2.45) is 17.8 Å². The highest BCUT2D eigenvalue weighted by atomic mass is 35.5. The molecule has 0 spiro atoms.